The summed E-state index contributed by atoms with van der Waals surface area (Å²) < 4.78 is 27.8. The molecule has 1 spiro atoms. The molecule has 0 amide bonds. The zero-order valence-corrected chi connectivity index (χ0v) is 21.2. The first-order chi connectivity index (χ1) is 16.4. The maximum absolute atomic E-state index is 12.4. The van der Waals surface area contributed by atoms with Crippen molar-refractivity contribution in [2.24, 2.45) is 22.7 Å². The highest BCUT2D eigenvalue weighted by Gasteiger charge is 2.67. The van der Waals surface area contributed by atoms with Gasteiger partial charge >= 0.3 is 23.9 Å². The first-order valence-corrected chi connectivity index (χ1v) is 12.4. The molecule has 2 unspecified atom stereocenters. The largest absolute Gasteiger partial charge is 0.465 e. The molecule has 7 atom stereocenters. The molecule has 9 nitrogen and oxygen atoms in total. The average Bonchev–Trinajstić information content (AvgIpc) is 3.45. The fraction of sp³-hybridized carbons (Fsp3) is 0.769. The van der Waals surface area contributed by atoms with Crippen molar-refractivity contribution in [3.63, 3.8) is 0 Å². The molecule has 35 heavy (non-hydrogen) atoms. The summed E-state index contributed by atoms with van der Waals surface area (Å²) in [6.07, 6.45) is 4.51. The fourth-order valence-corrected chi connectivity index (χ4v) is 7.14. The predicted octanol–water partition coefficient (Wildman–Crippen LogP) is 2.89. The summed E-state index contributed by atoms with van der Waals surface area (Å²) in [4.78, 5) is 47.5. The molecular weight excluding hydrogens is 456 g/mol. The topological polar surface area (TPSA) is 118 Å². The van der Waals surface area contributed by atoms with Gasteiger partial charge in [-0.05, 0) is 49.4 Å². The van der Waals surface area contributed by atoms with E-state index in [0.717, 1.165) is 19.3 Å². The predicted molar refractivity (Wildman–Crippen MR) is 122 cm³/mol. The van der Waals surface area contributed by atoms with Crippen LogP contribution >= 0.6 is 0 Å². The Balaban J connectivity index is 1.65. The molecule has 4 rings (SSSR count). The molecule has 0 N–H and O–H groups in total. The monoisotopic (exact) mass is 492 g/mol. The van der Waals surface area contributed by atoms with Gasteiger partial charge in [0.1, 0.15) is 19.3 Å². The quantitative estimate of drug-likeness (QED) is 0.239. The highest BCUT2D eigenvalue weighted by atomic mass is 16.6. The van der Waals surface area contributed by atoms with Gasteiger partial charge in [-0.25, -0.2) is 4.79 Å². The van der Waals surface area contributed by atoms with Gasteiger partial charge in [0.25, 0.3) is 0 Å². The lowest BCUT2D eigenvalue weighted by molar-refractivity contribution is -0.201. The first kappa shape index (κ1) is 25.7. The van der Waals surface area contributed by atoms with E-state index in [-0.39, 0.29) is 54.1 Å². The van der Waals surface area contributed by atoms with Crippen LogP contribution in [0.25, 0.3) is 0 Å². The number of carbonyl (C=O) groups excluding carboxylic acids is 4. The molecule has 4 fully saturated rings. The van der Waals surface area contributed by atoms with Crippen molar-refractivity contribution in [2.75, 3.05) is 19.8 Å². The van der Waals surface area contributed by atoms with Crippen molar-refractivity contribution in [3.05, 3.63) is 11.6 Å². The Kier molecular flexibility index (Phi) is 6.76. The van der Waals surface area contributed by atoms with E-state index in [1.807, 2.05) is 6.08 Å². The van der Waals surface area contributed by atoms with Gasteiger partial charge in [-0.1, -0.05) is 19.9 Å². The molecular formula is C26H36O9. The van der Waals surface area contributed by atoms with Crippen LogP contribution in [0.3, 0.4) is 0 Å². The van der Waals surface area contributed by atoms with Crippen LogP contribution in [0.2, 0.25) is 0 Å². The van der Waals surface area contributed by atoms with Gasteiger partial charge < -0.3 is 23.7 Å². The van der Waals surface area contributed by atoms with Crippen LogP contribution in [-0.4, -0.2) is 61.5 Å². The SMILES string of the molecule is CC(=O)OC[C@@]1(C)C2CC[C@]3(CO3)C(C/C=C3/C(=O)OC[C@H]3OC(C)=O)[C@@]2(C)CC[C@H]1OC(C)=O. The van der Waals surface area contributed by atoms with Crippen LogP contribution in [0.1, 0.15) is 66.7 Å². The van der Waals surface area contributed by atoms with E-state index in [1.165, 1.54) is 20.8 Å². The van der Waals surface area contributed by atoms with E-state index >= 15 is 0 Å². The van der Waals surface area contributed by atoms with E-state index < -0.39 is 23.5 Å². The van der Waals surface area contributed by atoms with Crippen molar-refractivity contribution in [2.45, 2.75) is 84.5 Å². The average molecular weight is 493 g/mol. The standard InChI is InChI=1S/C26H36O9/c1-15(27)32-13-25(5)20-8-11-26(14-33-26)21(24(20,4)10-9-22(25)35-17(3)29)7-6-18-19(34-16(2)28)12-31-23(18)30/h6,19-22H,7-14H2,1-5H3/b18-6+/t19-,20?,21?,22-,24+,25+,26+/m1/s1. The van der Waals surface area contributed by atoms with E-state index in [1.54, 1.807) is 0 Å². The van der Waals surface area contributed by atoms with Gasteiger partial charge in [0.2, 0.25) is 0 Å². The van der Waals surface area contributed by atoms with Crippen LogP contribution in [-0.2, 0) is 42.9 Å². The van der Waals surface area contributed by atoms with Crippen LogP contribution in [0, 0.1) is 22.7 Å². The van der Waals surface area contributed by atoms with Crippen LogP contribution < -0.4 is 0 Å². The summed E-state index contributed by atoms with van der Waals surface area (Å²) >= 11 is 0. The number of cyclic esters (lactones) is 1. The fourth-order valence-electron chi connectivity index (χ4n) is 7.14. The summed E-state index contributed by atoms with van der Waals surface area (Å²) in [7, 11) is 0. The smallest absolute Gasteiger partial charge is 0.337 e. The molecule has 0 aromatic rings. The summed E-state index contributed by atoms with van der Waals surface area (Å²) in [6, 6.07) is 0. The number of fused-ring (bicyclic) bond motifs is 1. The lowest BCUT2D eigenvalue weighted by Crippen LogP contribution is -2.61. The molecule has 4 aliphatic rings. The zero-order chi connectivity index (χ0) is 25.6. The minimum Gasteiger partial charge on any atom is -0.465 e. The molecule has 0 bridgehead atoms. The van der Waals surface area contributed by atoms with Gasteiger partial charge in [0.15, 0.2) is 6.10 Å². The molecule has 2 saturated carbocycles. The normalized spacial score (nSPS) is 41.2. The lowest BCUT2D eigenvalue weighted by Gasteiger charge is -2.61. The van der Waals surface area contributed by atoms with E-state index in [0.29, 0.717) is 25.0 Å². The Hall–Kier alpha value is -2.42. The highest BCUT2D eigenvalue weighted by Crippen LogP contribution is 2.66. The first-order valence-electron chi connectivity index (χ1n) is 12.4. The summed E-state index contributed by atoms with van der Waals surface area (Å²) in [5, 5.41) is 0. The summed E-state index contributed by atoms with van der Waals surface area (Å²) in [5.41, 5.74) is -0.661. The number of carbonyl (C=O) groups is 4. The number of rotatable bonds is 6. The highest BCUT2D eigenvalue weighted by molar-refractivity contribution is 5.92. The number of epoxide rings is 1. The molecule has 0 radical (unpaired) electrons. The molecule has 0 aromatic heterocycles. The van der Waals surface area contributed by atoms with Crippen molar-refractivity contribution in [3.8, 4) is 0 Å². The summed E-state index contributed by atoms with van der Waals surface area (Å²) in [6.45, 7) is 9.26. The van der Waals surface area contributed by atoms with Gasteiger partial charge in [-0.3, -0.25) is 14.4 Å². The van der Waals surface area contributed by atoms with Gasteiger partial charge in [-0.15, -0.1) is 0 Å². The molecule has 2 heterocycles. The van der Waals surface area contributed by atoms with Gasteiger partial charge in [-0.2, -0.15) is 0 Å². The van der Waals surface area contributed by atoms with Gasteiger partial charge in [0, 0.05) is 26.2 Å². The van der Waals surface area contributed by atoms with E-state index in [4.69, 9.17) is 23.7 Å². The van der Waals surface area contributed by atoms with Crippen molar-refractivity contribution in [1.29, 1.82) is 0 Å². The third-order valence-electron chi connectivity index (χ3n) is 8.80. The van der Waals surface area contributed by atoms with Crippen LogP contribution in [0.15, 0.2) is 11.6 Å². The number of ether oxygens (including phenoxy) is 5. The molecule has 2 aliphatic carbocycles. The maximum Gasteiger partial charge on any atom is 0.337 e. The van der Waals surface area contributed by atoms with Crippen molar-refractivity contribution in [1.82, 2.24) is 0 Å². The number of hydrogen-bond donors (Lipinski definition) is 0. The minimum absolute atomic E-state index is 0.0287. The third kappa shape index (κ3) is 4.71. The number of esters is 4. The minimum atomic E-state index is -0.697. The Morgan fingerprint density at radius 3 is 2.31 bits per heavy atom. The number of allylic oxidation sites excluding steroid dienone is 1. The molecule has 2 aliphatic heterocycles. The Morgan fingerprint density at radius 1 is 1.03 bits per heavy atom. The summed E-state index contributed by atoms with van der Waals surface area (Å²) in [5.74, 6) is -1.44. The lowest BCUT2D eigenvalue weighted by atomic mass is 9.45. The van der Waals surface area contributed by atoms with Crippen LogP contribution in [0.5, 0.6) is 0 Å². The maximum atomic E-state index is 12.4. The Bertz CT molecular complexity index is 935. The van der Waals surface area contributed by atoms with E-state index in [9.17, 15) is 19.2 Å². The Morgan fingerprint density at radius 2 is 1.71 bits per heavy atom. The van der Waals surface area contributed by atoms with Gasteiger partial charge in [0.05, 0.1) is 17.8 Å². The zero-order valence-electron chi connectivity index (χ0n) is 21.2. The van der Waals surface area contributed by atoms with Crippen molar-refractivity contribution < 1.29 is 42.9 Å². The van der Waals surface area contributed by atoms with Crippen molar-refractivity contribution >= 4 is 23.9 Å². The number of hydrogen-bond acceptors (Lipinski definition) is 9. The molecule has 9 heteroatoms. The third-order valence-corrected chi connectivity index (χ3v) is 8.80. The van der Waals surface area contributed by atoms with Crippen LogP contribution in [0.4, 0.5) is 0 Å². The molecule has 0 aromatic carbocycles. The second-order valence-corrected chi connectivity index (χ2v) is 11.0. The van der Waals surface area contributed by atoms with E-state index in [2.05, 4.69) is 13.8 Å². The second kappa shape index (κ2) is 9.22. The molecule has 2 saturated heterocycles. The second-order valence-electron chi connectivity index (χ2n) is 11.0. The Labute approximate surface area is 205 Å². The molecule has 194 valence electrons.